The average Bonchev–Trinajstić information content (AvgIpc) is 3.33. The van der Waals surface area contributed by atoms with Gasteiger partial charge in [-0.15, -0.1) is 11.3 Å². The zero-order valence-corrected chi connectivity index (χ0v) is 17.0. The van der Waals surface area contributed by atoms with Crippen LogP contribution < -0.4 is 0 Å². The minimum absolute atomic E-state index is 0.0306. The minimum Gasteiger partial charge on any atom is -0.339 e. The van der Waals surface area contributed by atoms with Crippen molar-refractivity contribution in [1.82, 2.24) is 14.4 Å². The van der Waals surface area contributed by atoms with Crippen molar-refractivity contribution in [2.24, 2.45) is 0 Å². The highest BCUT2D eigenvalue weighted by atomic mass is 32.2. The molecule has 3 heterocycles. The van der Waals surface area contributed by atoms with Crippen molar-refractivity contribution in [1.29, 1.82) is 0 Å². The fraction of sp³-hybridized carbons (Fsp3) is 0.400. The van der Waals surface area contributed by atoms with Gasteiger partial charge in [0.15, 0.2) is 5.82 Å². The first-order chi connectivity index (χ1) is 13.6. The van der Waals surface area contributed by atoms with E-state index in [0.717, 1.165) is 19.3 Å². The first kappa shape index (κ1) is 18.0. The van der Waals surface area contributed by atoms with E-state index in [0.29, 0.717) is 36.1 Å². The lowest BCUT2D eigenvalue weighted by molar-refractivity contribution is 0.216. The lowest BCUT2D eigenvalue weighted by Crippen LogP contribution is -2.48. The second-order valence-corrected chi connectivity index (χ2v) is 10.4. The van der Waals surface area contributed by atoms with Gasteiger partial charge in [0.05, 0.1) is 10.8 Å². The third-order valence-electron chi connectivity index (χ3n) is 5.55. The van der Waals surface area contributed by atoms with E-state index >= 15 is 0 Å². The van der Waals surface area contributed by atoms with Gasteiger partial charge in [0.25, 0.3) is 0 Å². The summed E-state index contributed by atoms with van der Waals surface area (Å²) in [5.41, 5.74) is 2.47. The predicted octanol–water partition coefficient (Wildman–Crippen LogP) is 3.39. The van der Waals surface area contributed by atoms with Crippen LogP contribution in [0.4, 0.5) is 0 Å². The molecule has 5 rings (SSSR count). The topological polar surface area (TPSA) is 76.3 Å². The summed E-state index contributed by atoms with van der Waals surface area (Å²) in [7, 11) is -3.47. The Labute approximate surface area is 168 Å². The number of sulfonamides is 1. The van der Waals surface area contributed by atoms with Crippen molar-refractivity contribution in [2.75, 3.05) is 13.1 Å². The summed E-state index contributed by atoms with van der Waals surface area (Å²) in [6.07, 6.45) is 4.98. The maximum atomic E-state index is 13.0. The van der Waals surface area contributed by atoms with E-state index in [1.165, 1.54) is 26.7 Å². The molecule has 0 radical (unpaired) electrons. The Morgan fingerprint density at radius 2 is 1.96 bits per heavy atom. The molecule has 0 N–H and O–H groups in total. The molecule has 0 atom stereocenters. The zero-order chi connectivity index (χ0) is 19.1. The number of benzene rings is 1. The quantitative estimate of drug-likeness (QED) is 0.638. The van der Waals surface area contributed by atoms with Crippen LogP contribution in [0.5, 0.6) is 0 Å². The van der Waals surface area contributed by atoms with Gasteiger partial charge in [-0.2, -0.15) is 9.29 Å². The number of rotatable bonds is 5. The molecule has 0 spiro atoms. The highest BCUT2D eigenvalue weighted by molar-refractivity contribution is 7.89. The number of aromatic nitrogens is 2. The number of fused-ring (bicyclic) bond motifs is 1. The average molecular weight is 416 g/mol. The van der Waals surface area contributed by atoms with Gasteiger partial charge < -0.3 is 4.52 Å². The molecule has 0 unspecified atom stereocenters. The van der Waals surface area contributed by atoms with Crippen LogP contribution in [-0.4, -0.2) is 36.0 Å². The fourth-order valence-electron chi connectivity index (χ4n) is 3.88. The molecule has 3 aromatic rings. The van der Waals surface area contributed by atoms with Crippen LogP contribution in [0.2, 0.25) is 0 Å². The molecule has 1 aliphatic heterocycles. The molecule has 6 nitrogen and oxygen atoms in total. The van der Waals surface area contributed by atoms with Gasteiger partial charge in [0.2, 0.25) is 15.9 Å². The van der Waals surface area contributed by atoms with Gasteiger partial charge >= 0.3 is 0 Å². The lowest BCUT2D eigenvalue weighted by atomic mass is 9.92. The summed E-state index contributed by atoms with van der Waals surface area (Å²) in [5.74, 6) is 1.15. The Balaban J connectivity index is 1.27. The van der Waals surface area contributed by atoms with Crippen LogP contribution in [0.3, 0.4) is 0 Å². The smallest absolute Gasteiger partial charge is 0.243 e. The molecule has 1 saturated heterocycles. The lowest BCUT2D eigenvalue weighted by Gasteiger charge is -2.36. The molecular weight excluding hydrogens is 394 g/mol. The summed E-state index contributed by atoms with van der Waals surface area (Å²) >= 11 is 1.66. The predicted molar refractivity (Wildman–Crippen MR) is 106 cm³/mol. The Bertz CT molecular complexity index is 1080. The van der Waals surface area contributed by atoms with E-state index in [1.807, 2.05) is 29.6 Å². The van der Waals surface area contributed by atoms with Gasteiger partial charge in [-0.1, -0.05) is 17.3 Å². The van der Waals surface area contributed by atoms with E-state index in [4.69, 9.17) is 4.52 Å². The molecule has 0 bridgehead atoms. The molecule has 28 heavy (non-hydrogen) atoms. The summed E-state index contributed by atoms with van der Waals surface area (Å²) in [6, 6.07) is 9.63. The van der Waals surface area contributed by atoms with Crippen LogP contribution >= 0.6 is 11.3 Å². The Hall–Kier alpha value is -2.03. The maximum absolute atomic E-state index is 13.0. The first-order valence-corrected chi connectivity index (χ1v) is 11.9. The van der Waals surface area contributed by atoms with Gasteiger partial charge in [-0.3, -0.25) is 0 Å². The molecule has 2 aliphatic rings. The van der Waals surface area contributed by atoms with E-state index < -0.39 is 10.0 Å². The molecule has 8 heteroatoms. The molecule has 2 aromatic heterocycles. The van der Waals surface area contributed by atoms with E-state index in [-0.39, 0.29) is 5.92 Å². The molecule has 146 valence electrons. The maximum Gasteiger partial charge on any atom is 0.243 e. The number of thiophene rings is 1. The monoisotopic (exact) mass is 415 g/mol. The molecule has 1 aliphatic carbocycles. The number of nitrogens with zero attached hydrogens (tertiary/aromatic N) is 3. The highest BCUT2D eigenvalue weighted by Crippen LogP contribution is 2.33. The number of aryl methyl sites for hydroxylation is 2. The Kier molecular flexibility index (Phi) is 4.57. The Morgan fingerprint density at radius 1 is 1.14 bits per heavy atom. The molecule has 0 amide bonds. The number of hydrogen-bond donors (Lipinski definition) is 0. The van der Waals surface area contributed by atoms with Crippen molar-refractivity contribution >= 4 is 21.4 Å². The summed E-state index contributed by atoms with van der Waals surface area (Å²) in [6.45, 7) is 0.778. The van der Waals surface area contributed by atoms with E-state index in [9.17, 15) is 8.42 Å². The van der Waals surface area contributed by atoms with Gasteiger partial charge in [0.1, 0.15) is 0 Å². The molecule has 1 aromatic carbocycles. The van der Waals surface area contributed by atoms with Crippen LogP contribution in [0.1, 0.15) is 46.5 Å². The van der Waals surface area contributed by atoms with Crippen LogP contribution in [0.25, 0.3) is 0 Å². The first-order valence-electron chi connectivity index (χ1n) is 9.56. The van der Waals surface area contributed by atoms with Crippen molar-refractivity contribution in [3.05, 3.63) is 63.4 Å². The van der Waals surface area contributed by atoms with Crippen LogP contribution in [-0.2, 0) is 29.3 Å². The second-order valence-electron chi connectivity index (χ2n) is 7.46. The highest BCUT2D eigenvalue weighted by Gasteiger charge is 2.40. The van der Waals surface area contributed by atoms with Gasteiger partial charge in [-0.25, -0.2) is 8.42 Å². The van der Waals surface area contributed by atoms with E-state index in [2.05, 4.69) is 10.1 Å². The van der Waals surface area contributed by atoms with E-state index in [1.54, 1.807) is 17.4 Å². The van der Waals surface area contributed by atoms with Crippen molar-refractivity contribution in [3.8, 4) is 0 Å². The molecule has 1 fully saturated rings. The minimum atomic E-state index is -3.47. The third kappa shape index (κ3) is 3.29. The summed E-state index contributed by atoms with van der Waals surface area (Å²) in [5, 5.41) is 6.06. The second kappa shape index (κ2) is 7.09. The third-order valence-corrected chi connectivity index (χ3v) is 8.26. The molecular formula is C20H21N3O3S2. The standard InChI is InChI=1S/C20H21N3O3S2/c24-28(25,18-8-7-14-4-1-2-5-15(14)10-18)23-12-16(13-23)20-21-19(22-26-20)11-17-6-3-9-27-17/h3,6-10,16H,1-2,4-5,11-13H2. The summed E-state index contributed by atoms with van der Waals surface area (Å²) < 4.78 is 32.8. The fourth-order valence-corrected chi connectivity index (χ4v) is 6.17. The largest absolute Gasteiger partial charge is 0.339 e. The zero-order valence-electron chi connectivity index (χ0n) is 15.4. The van der Waals surface area contributed by atoms with Gasteiger partial charge in [-0.05, 0) is 60.4 Å². The Morgan fingerprint density at radius 3 is 2.75 bits per heavy atom. The SMILES string of the molecule is O=S(=O)(c1ccc2c(c1)CCCC2)N1CC(c2nc(Cc3cccs3)no2)C1. The summed E-state index contributed by atoms with van der Waals surface area (Å²) in [4.78, 5) is 6.04. The normalized spacial score (nSPS) is 18.0. The molecule has 0 saturated carbocycles. The van der Waals surface area contributed by atoms with Crippen molar-refractivity contribution in [2.45, 2.75) is 42.9 Å². The van der Waals surface area contributed by atoms with Crippen molar-refractivity contribution in [3.63, 3.8) is 0 Å². The van der Waals surface area contributed by atoms with Crippen molar-refractivity contribution < 1.29 is 12.9 Å². The van der Waals surface area contributed by atoms with Crippen LogP contribution in [0.15, 0.2) is 45.1 Å². The van der Waals surface area contributed by atoms with Crippen LogP contribution in [0, 0.1) is 0 Å². The number of hydrogen-bond acceptors (Lipinski definition) is 6. The van der Waals surface area contributed by atoms with Gasteiger partial charge in [0, 0.05) is 24.4 Å².